The Hall–Kier alpha value is -2.70. The zero-order valence-electron chi connectivity index (χ0n) is 13.4. The molecular weight excluding hydrogens is 311 g/mol. The quantitative estimate of drug-likeness (QED) is 0.870. The number of ether oxygens (including phenoxy) is 1. The van der Waals surface area contributed by atoms with Gasteiger partial charge in [-0.1, -0.05) is 6.07 Å². The van der Waals surface area contributed by atoms with E-state index in [1.54, 1.807) is 25.3 Å². The van der Waals surface area contributed by atoms with Crippen molar-refractivity contribution in [3.8, 4) is 0 Å². The van der Waals surface area contributed by atoms with Crippen molar-refractivity contribution < 1.29 is 13.9 Å². The summed E-state index contributed by atoms with van der Waals surface area (Å²) >= 11 is 0. The standard InChI is InChI=1S/C17H19FN4O2/c1-11-4-5-12(18)9-14(11)16(23)24-13-3-2-8-22(10-13)15-6-7-20-17(19)21-15/h4-7,9,13H,2-3,8,10H2,1H3,(H2,19,20,21)/t13-/m1/s1. The number of esters is 1. The number of hydrogen-bond acceptors (Lipinski definition) is 6. The van der Waals surface area contributed by atoms with Crippen molar-refractivity contribution in [1.82, 2.24) is 9.97 Å². The second-order valence-electron chi connectivity index (χ2n) is 5.85. The van der Waals surface area contributed by atoms with Gasteiger partial charge in [-0.05, 0) is 43.5 Å². The minimum atomic E-state index is -0.499. The van der Waals surface area contributed by atoms with Crippen LogP contribution in [0.15, 0.2) is 30.5 Å². The van der Waals surface area contributed by atoms with Crippen molar-refractivity contribution in [1.29, 1.82) is 0 Å². The van der Waals surface area contributed by atoms with Gasteiger partial charge < -0.3 is 15.4 Å². The maximum Gasteiger partial charge on any atom is 0.338 e. The van der Waals surface area contributed by atoms with E-state index in [9.17, 15) is 9.18 Å². The number of benzene rings is 1. The van der Waals surface area contributed by atoms with Crippen molar-refractivity contribution in [2.24, 2.45) is 0 Å². The van der Waals surface area contributed by atoms with Crippen molar-refractivity contribution >= 4 is 17.7 Å². The van der Waals surface area contributed by atoms with Gasteiger partial charge in [-0.3, -0.25) is 0 Å². The number of carbonyl (C=O) groups excluding carboxylic acids is 1. The van der Waals surface area contributed by atoms with Gasteiger partial charge in [0.15, 0.2) is 0 Å². The third kappa shape index (κ3) is 3.61. The van der Waals surface area contributed by atoms with Crippen LogP contribution in [0, 0.1) is 12.7 Å². The number of carbonyl (C=O) groups is 1. The molecule has 0 unspecified atom stereocenters. The molecule has 2 N–H and O–H groups in total. The number of piperidine rings is 1. The van der Waals surface area contributed by atoms with Crippen LogP contribution in [-0.2, 0) is 4.74 Å². The van der Waals surface area contributed by atoms with Crippen LogP contribution in [0.1, 0.15) is 28.8 Å². The van der Waals surface area contributed by atoms with Crippen LogP contribution < -0.4 is 10.6 Å². The third-order valence-electron chi connectivity index (χ3n) is 4.05. The first-order valence-electron chi connectivity index (χ1n) is 7.83. The van der Waals surface area contributed by atoms with E-state index in [-0.39, 0.29) is 17.6 Å². The highest BCUT2D eigenvalue weighted by molar-refractivity contribution is 5.91. The predicted molar refractivity (Wildman–Crippen MR) is 88.2 cm³/mol. The molecule has 1 aromatic carbocycles. The molecule has 24 heavy (non-hydrogen) atoms. The summed E-state index contributed by atoms with van der Waals surface area (Å²) in [6.45, 7) is 3.09. The fraction of sp³-hybridized carbons (Fsp3) is 0.353. The lowest BCUT2D eigenvalue weighted by molar-refractivity contribution is 0.0268. The summed E-state index contributed by atoms with van der Waals surface area (Å²) in [7, 11) is 0. The summed E-state index contributed by atoms with van der Waals surface area (Å²) in [5.41, 5.74) is 6.57. The van der Waals surface area contributed by atoms with Gasteiger partial charge in [-0.25, -0.2) is 14.2 Å². The number of nitrogen functional groups attached to an aromatic ring is 1. The van der Waals surface area contributed by atoms with Gasteiger partial charge in [0.2, 0.25) is 5.95 Å². The predicted octanol–water partition coefficient (Wildman–Crippen LogP) is 2.33. The van der Waals surface area contributed by atoms with Gasteiger partial charge in [0.05, 0.1) is 12.1 Å². The molecule has 1 aliphatic heterocycles. The molecular formula is C17H19FN4O2. The maximum absolute atomic E-state index is 13.4. The van der Waals surface area contributed by atoms with Crippen LogP contribution in [0.4, 0.5) is 16.2 Å². The lowest BCUT2D eigenvalue weighted by Gasteiger charge is -2.33. The van der Waals surface area contributed by atoms with Gasteiger partial charge in [-0.2, -0.15) is 4.98 Å². The number of nitrogens with two attached hydrogens (primary N) is 1. The van der Waals surface area contributed by atoms with Crippen LogP contribution in [0.25, 0.3) is 0 Å². The lowest BCUT2D eigenvalue weighted by atomic mass is 10.1. The number of rotatable bonds is 3. The minimum Gasteiger partial charge on any atom is -0.457 e. The summed E-state index contributed by atoms with van der Waals surface area (Å²) in [5.74, 6) is -0.0254. The van der Waals surface area contributed by atoms with Gasteiger partial charge in [-0.15, -0.1) is 0 Å². The first-order chi connectivity index (χ1) is 11.5. The van der Waals surface area contributed by atoms with Gasteiger partial charge in [0, 0.05) is 12.7 Å². The van der Waals surface area contributed by atoms with Crippen LogP contribution in [0.3, 0.4) is 0 Å². The lowest BCUT2D eigenvalue weighted by Crippen LogP contribution is -2.41. The van der Waals surface area contributed by atoms with E-state index in [0.717, 1.165) is 19.4 Å². The van der Waals surface area contributed by atoms with Crippen molar-refractivity contribution in [3.05, 3.63) is 47.4 Å². The zero-order chi connectivity index (χ0) is 17.1. The Kier molecular flexibility index (Phi) is 4.59. The van der Waals surface area contributed by atoms with Crippen molar-refractivity contribution in [2.45, 2.75) is 25.9 Å². The SMILES string of the molecule is Cc1ccc(F)cc1C(=O)O[C@@H]1CCCN(c2ccnc(N)n2)C1. The maximum atomic E-state index is 13.4. The fourth-order valence-corrected chi connectivity index (χ4v) is 2.81. The Bertz CT molecular complexity index is 753. The first kappa shape index (κ1) is 16.2. The molecule has 126 valence electrons. The Balaban J connectivity index is 1.69. The third-order valence-corrected chi connectivity index (χ3v) is 4.05. The Morgan fingerprint density at radius 3 is 3.04 bits per heavy atom. The Labute approximate surface area is 139 Å². The largest absolute Gasteiger partial charge is 0.457 e. The highest BCUT2D eigenvalue weighted by Gasteiger charge is 2.25. The van der Waals surface area contributed by atoms with Crippen molar-refractivity contribution in [3.63, 3.8) is 0 Å². The molecule has 3 rings (SSSR count). The fourth-order valence-electron chi connectivity index (χ4n) is 2.81. The van der Waals surface area contributed by atoms with Crippen LogP contribution >= 0.6 is 0 Å². The van der Waals surface area contributed by atoms with Gasteiger partial charge in [0.25, 0.3) is 0 Å². The molecule has 0 aliphatic carbocycles. The van der Waals surface area contributed by atoms with E-state index in [0.29, 0.717) is 17.9 Å². The normalized spacial score (nSPS) is 17.6. The smallest absolute Gasteiger partial charge is 0.338 e. The van der Waals surface area contributed by atoms with Gasteiger partial charge >= 0.3 is 5.97 Å². The molecule has 0 amide bonds. The molecule has 0 radical (unpaired) electrons. The molecule has 1 fully saturated rings. The second kappa shape index (κ2) is 6.82. The average Bonchev–Trinajstić information content (AvgIpc) is 2.57. The van der Waals surface area contributed by atoms with E-state index in [1.165, 1.54) is 12.1 Å². The Morgan fingerprint density at radius 2 is 2.25 bits per heavy atom. The van der Waals surface area contributed by atoms with Crippen LogP contribution in [0.2, 0.25) is 0 Å². The number of aryl methyl sites for hydroxylation is 1. The van der Waals surface area contributed by atoms with Gasteiger partial charge in [0.1, 0.15) is 17.7 Å². The number of anilines is 2. The highest BCUT2D eigenvalue weighted by Crippen LogP contribution is 2.21. The minimum absolute atomic E-state index is 0.210. The second-order valence-corrected chi connectivity index (χ2v) is 5.85. The molecule has 7 heteroatoms. The molecule has 6 nitrogen and oxygen atoms in total. The van der Waals surface area contributed by atoms with E-state index >= 15 is 0 Å². The van der Waals surface area contributed by atoms with Crippen LogP contribution in [-0.4, -0.2) is 35.1 Å². The van der Waals surface area contributed by atoms with E-state index in [2.05, 4.69) is 9.97 Å². The number of nitrogens with zero attached hydrogens (tertiary/aromatic N) is 3. The molecule has 0 spiro atoms. The summed E-state index contributed by atoms with van der Waals surface area (Å²) in [5, 5.41) is 0. The van der Waals surface area contributed by atoms with E-state index in [1.807, 2.05) is 4.90 Å². The summed E-state index contributed by atoms with van der Waals surface area (Å²) in [4.78, 5) is 22.4. The summed E-state index contributed by atoms with van der Waals surface area (Å²) < 4.78 is 18.9. The molecule has 1 saturated heterocycles. The summed E-state index contributed by atoms with van der Waals surface area (Å²) in [6, 6.07) is 5.89. The molecule has 1 aliphatic rings. The molecule has 0 bridgehead atoms. The average molecular weight is 330 g/mol. The Morgan fingerprint density at radius 1 is 1.42 bits per heavy atom. The molecule has 1 atom stereocenters. The number of hydrogen-bond donors (Lipinski definition) is 1. The highest BCUT2D eigenvalue weighted by atomic mass is 19.1. The van der Waals surface area contributed by atoms with Crippen LogP contribution in [0.5, 0.6) is 0 Å². The summed E-state index contributed by atoms with van der Waals surface area (Å²) in [6.07, 6.45) is 2.95. The molecule has 2 aromatic rings. The topological polar surface area (TPSA) is 81.3 Å². The first-order valence-corrected chi connectivity index (χ1v) is 7.83. The van der Waals surface area contributed by atoms with Crippen molar-refractivity contribution in [2.75, 3.05) is 23.7 Å². The molecule has 0 saturated carbocycles. The zero-order valence-corrected chi connectivity index (χ0v) is 13.4. The number of halogens is 1. The van der Waals surface area contributed by atoms with E-state index in [4.69, 9.17) is 10.5 Å². The number of aromatic nitrogens is 2. The molecule has 2 heterocycles. The molecule has 1 aromatic heterocycles. The van der Waals surface area contributed by atoms with E-state index < -0.39 is 11.8 Å². The monoisotopic (exact) mass is 330 g/mol.